The maximum Gasteiger partial charge on any atom is 0.407 e. The van der Waals surface area contributed by atoms with Crippen LogP contribution in [-0.4, -0.2) is 23.7 Å². The molecule has 2 aromatic rings. The Morgan fingerprint density at radius 1 is 1.00 bits per heavy atom. The molecule has 2 aromatic carbocycles. The second kappa shape index (κ2) is 9.15. The first-order valence-electron chi connectivity index (χ1n) is 7.58. The average molecular weight is 325 g/mol. The van der Waals surface area contributed by atoms with Crippen molar-refractivity contribution in [2.75, 3.05) is 6.54 Å². The molecule has 0 heterocycles. The standard InChI is InChI=1S/C19H19NO4/c21-18(22)11-10-15-6-8-16(9-7-15)12-13-20-19(23)24-14-17-4-2-1-3-5-17/h1-11H,12-14H2,(H,20,23)(H,21,22)/b11-10+. The molecule has 2 rings (SSSR count). The van der Waals surface area contributed by atoms with Crippen molar-refractivity contribution in [3.05, 3.63) is 77.4 Å². The van der Waals surface area contributed by atoms with Gasteiger partial charge < -0.3 is 15.2 Å². The van der Waals surface area contributed by atoms with Crippen LogP contribution in [-0.2, 0) is 22.6 Å². The second-order valence-corrected chi connectivity index (χ2v) is 5.15. The topological polar surface area (TPSA) is 75.6 Å². The lowest BCUT2D eigenvalue weighted by atomic mass is 10.1. The highest BCUT2D eigenvalue weighted by Crippen LogP contribution is 2.07. The van der Waals surface area contributed by atoms with E-state index < -0.39 is 12.1 Å². The summed E-state index contributed by atoms with van der Waals surface area (Å²) in [6.45, 7) is 0.717. The predicted molar refractivity (Wildman–Crippen MR) is 91.4 cm³/mol. The Labute approximate surface area is 140 Å². The number of nitrogens with one attached hydrogen (secondary N) is 1. The summed E-state index contributed by atoms with van der Waals surface area (Å²) in [4.78, 5) is 22.1. The lowest BCUT2D eigenvalue weighted by Crippen LogP contribution is -2.26. The van der Waals surface area contributed by atoms with Crippen molar-refractivity contribution in [2.24, 2.45) is 0 Å². The van der Waals surface area contributed by atoms with Crippen LogP contribution in [0.5, 0.6) is 0 Å². The van der Waals surface area contributed by atoms with E-state index >= 15 is 0 Å². The van der Waals surface area contributed by atoms with Crippen molar-refractivity contribution < 1.29 is 19.4 Å². The molecule has 1 amide bonds. The smallest absolute Gasteiger partial charge is 0.407 e. The number of hydrogen-bond acceptors (Lipinski definition) is 3. The predicted octanol–water partition coefficient (Wildman–Crippen LogP) is 3.25. The monoisotopic (exact) mass is 325 g/mol. The Balaban J connectivity index is 1.69. The highest BCUT2D eigenvalue weighted by molar-refractivity contribution is 5.85. The molecule has 0 unspecified atom stereocenters. The maximum atomic E-state index is 11.6. The molecule has 0 aromatic heterocycles. The second-order valence-electron chi connectivity index (χ2n) is 5.15. The summed E-state index contributed by atoms with van der Waals surface area (Å²) in [5, 5.41) is 11.3. The fourth-order valence-corrected chi connectivity index (χ4v) is 2.05. The Bertz CT molecular complexity index is 693. The van der Waals surface area contributed by atoms with Crippen molar-refractivity contribution >= 4 is 18.1 Å². The number of alkyl carbamates (subject to hydrolysis) is 1. The molecule has 24 heavy (non-hydrogen) atoms. The largest absolute Gasteiger partial charge is 0.478 e. The highest BCUT2D eigenvalue weighted by atomic mass is 16.5. The number of carbonyl (C=O) groups excluding carboxylic acids is 1. The van der Waals surface area contributed by atoms with Gasteiger partial charge in [0.05, 0.1) is 0 Å². The third-order valence-electron chi connectivity index (χ3n) is 3.29. The van der Waals surface area contributed by atoms with E-state index in [0.29, 0.717) is 13.0 Å². The fourth-order valence-electron chi connectivity index (χ4n) is 2.05. The SMILES string of the molecule is O=C(O)/C=C/c1ccc(CCNC(=O)OCc2ccccc2)cc1. The molecule has 0 bridgehead atoms. The first-order valence-corrected chi connectivity index (χ1v) is 7.58. The van der Waals surface area contributed by atoms with Gasteiger partial charge in [-0.15, -0.1) is 0 Å². The van der Waals surface area contributed by atoms with Gasteiger partial charge in [0, 0.05) is 12.6 Å². The lowest BCUT2D eigenvalue weighted by Gasteiger charge is -2.07. The van der Waals surface area contributed by atoms with Gasteiger partial charge in [-0.05, 0) is 29.2 Å². The number of benzene rings is 2. The molecule has 0 saturated heterocycles. The van der Waals surface area contributed by atoms with Crippen LogP contribution in [0, 0.1) is 0 Å². The van der Waals surface area contributed by atoms with E-state index in [1.807, 2.05) is 54.6 Å². The van der Waals surface area contributed by atoms with Gasteiger partial charge in [-0.2, -0.15) is 0 Å². The van der Waals surface area contributed by atoms with Gasteiger partial charge in [0.25, 0.3) is 0 Å². The van der Waals surface area contributed by atoms with Gasteiger partial charge in [0.15, 0.2) is 0 Å². The summed E-state index contributed by atoms with van der Waals surface area (Å²) in [6.07, 6.45) is 2.86. The molecule has 0 spiro atoms. The van der Waals surface area contributed by atoms with E-state index in [-0.39, 0.29) is 6.61 Å². The third-order valence-corrected chi connectivity index (χ3v) is 3.29. The first-order chi connectivity index (χ1) is 11.6. The molecule has 5 heteroatoms. The first kappa shape index (κ1) is 17.3. The molecule has 0 aliphatic heterocycles. The zero-order chi connectivity index (χ0) is 17.2. The quantitative estimate of drug-likeness (QED) is 0.766. The summed E-state index contributed by atoms with van der Waals surface area (Å²) in [5.41, 5.74) is 2.81. The van der Waals surface area contributed by atoms with Crippen molar-refractivity contribution in [1.82, 2.24) is 5.32 Å². The molecule has 5 nitrogen and oxygen atoms in total. The Morgan fingerprint density at radius 3 is 2.38 bits per heavy atom. The van der Waals surface area contributed by atoms with Crippen molar-refractivity contribution in [2.45, 2.75) is 13.0 Å². The molecule has 0 aliphatic rings. The number of rotatable bonds is 7. The zero-order valence-electron chi connectivity index (χ0n) is 13.1. The van der Waals surface area contributed by atoms with Crippen LogP contribution < -0.4 is 5.32 Å². The maximum absolute atomic E-state index is 11.6. The van der Waals surface area contributed by atoms with E-state index in [9.17, 15) is 9.59 Å². The van der Waals surface area contributed by atoms with E-state index in [4.69, 9.17) is 9.84 Å². The van der Waals surface area contributed by atoms with Crippen molar-refractivity contribution in [3.8, 4) is 0 Å². The summed E-state index contributed by atoms with van der Waals surface area (Å²) in [7, 11) is 0. The summed E-state index contributed by atoms with van der Waals surface area (Å²) >= 11 is 0. The minimum absolute atomic E-state index is 0.247. The minimum Gasteiger partial charge on any atom is -0.478 e. The van der Waals surface area contributed by atoms with Gasteiger partial charge in [-0.3, -0.25) is 0 Å². The van der Waals surface area contributed by atoms with E-state index in [1.54, 1.807) is 0 Å². The van der Waals surface area contributed by atoms with Crippen LogP contribution in [0.15, 0.2) is 60.7 Å². The number of amides is 1. The van der Waals surface area contributed by atoms with Crippen LogP contribution in [0.3, 0.4) is 0 Å². The number of hydrogen-bond donors (Lipinski definition) is 2. The van der Waals surface area contributed by atoms with Gasteiger partial charge in [0.2, 0.25) is 0 Å². The number of carboxylic acid groups (broad SMARTS) is 1. The fraction of sp³-hybridized carbons (Fsp3) is 0.158. The van der Waals surface area contributed by atoms with Crippen molar-refractivity contribution in [1.29, 1.82) is 0 Å². The van der Waals surface area contributed by atoms with Crippen LogP contribution in [0.4, 0.5) is 4.79 Å². The summed E-state index contributed by atoms with van der Waals surface area (Å²) in [5.74, 6) is -0.975. The normalized spacial score (nSPS) is 10.5. The zero-order valence-corrected chi connectivity index (χ0v) is 13.1. The van der Waals surface area contributed by atoms with Gasteiger partial charge in [-0.25, -0.2) is 9.59 Å². The Morgan fingerprint density at radius 2 is 1.71 bits per heavy atom. The molecule has 0 aliphatic carbocycles. The lowest BCUT2D eigenvalue weighted by molar-refractivity contribution is -0.131. The van der Waals surface area contributed by atoms with Crippen LogP contribution >= 0.6 is 0 Å². The van der Waals surface area contributed by atoms with Gasteiger partial charge >= 0.3 is 12.1 Å². The van der Waals surface area contributed by atoms with Crippen molar-refractivity contribution in [3.63, 3.8) is 0 Å². The van der Waals surface area contributed by atoms with E-state index in [2.05, 4.69) is 5.32 Å². The van der Waals surface area contributed by atoms with E-state index in [1.165, 1.54) is 6.08 Å². The molecular formula is C19H19NO4. The summed E-state index contributed by atoms with van der Waals surface area (Å²) < 4.78 is 5.12. The number of aliphatic carboxylic acids is 1. The van der Waals surface area contributed by atoms with E-state index in [0.717, 1.165) is 22.8 Å². The molecule has 0 fully saturated rings. The summed E-state index contributed by atoms with van der Waals surface area (Å²) in [6, 6.07) is 17.0. The third kappa shape index (κ3) is 6.36. The van der Waals surface area contributed by atoms with Crippen LogP contribution in [0.25, 0.3) is 6.08 Å². The molecule has 124 valence electrons. The van der Waals surface area contributed by atoms with Crippen LogP contribution in [0.1, 0.15) is 16.7 Å². The highest BCUT2D eigenvalue weighted by Gasteiger charge is 2.02. The average Bonchev–Trinajstić information content (AvgIpc) is 2.60. The van der Waals surface area contributed by atoms with Crippen LogP contribution in [0.2, 0.25) is 0 Å². The molecule has 0 saturated carbocycles. The molecule has 0 radical (unpaired) electrons. The Kier molecular flexibility index (Phi) is 6.58. The molecule has 0 atom stereocenters. The number of carbonyl (C=O) groups is 2. The van der Waals surface area contributed by atoms with Gasteiger partial charge in [0.1, 0.15) is 6.61 Å². The Hall–Kier alpha value is -3.08. The number of carboxylic acids is 1. The minimum atomic E-state index is -0.975. The number of ether oxygens (including phenoxy) is 1. The van der Waals surface area contributed by atoms with Gasteiger partial charge in [-0.1, -0.05) is 54.6 Å². The molecule has 2 N–H and O–H groups in total. The molecular weight excluding hydrogens is 306 g/mol.